The summed E-state index contributed by atoms with van der Waals surface area (Å²) in [6.07, 6.45) is 0. The number of amidine groups is 1. The van der Waals surface area contributed by atoms with Crippen molar-refractivity contribution in [3.05, 3.63) is 21.3 Å². The van der Waals surface area contributed by atoms with Crippen LogP contribution in [0.2, 0.25) is 4.34 Å². The molecule has 0 aliphatic carbocycles. The van der Waals surface area contributed by atoms with E-state index in [1.807, 2.05) is 0 Å². The van der Waals surface area contributed by atoms with E-state index in [-0.39, 0.29) is 18.2 Å². The first-order valence-electron chi connectivity index (χ1n) is 2.30. The van der Waals surface area contributed by atoms with Gasteiger partial charge in [0, 0.05) is 0 Å². The van der Waals surface area contributed by atoms with Gasteiger partial charge in [0.15, 0.2) is 0 Å². The third kappa shape index (κ3) is 2.17. The average Bonchev–Trinajstić information content (AvgIpc) is 2.14. The molecule has 1 rings (SSSR count). The Morgan fingerprint density at radius 2 is 2.20 bits per heavy atom. The average molecular weight is 197 g/mol. The molecule has 2 nitrogen and oxygen atoms in total. The molecule has 10 heavy (non-hydrogen) atoms. The summed E-state index contributed by atoms with van der Waals surface area (Å²) in [4.78, 5) is 0.722. The van der Waals surface area contributed by atoms with Crippen LogP contribution in [-0.4, -0.2) is 5.84 Å². The second-order valence-corrected chi connectivity index (χ2v) is 3.23. The van der Waals surface area contributed by atoms with E-state index in [9.17, 15) is 0 Å². The van der Waals surface area contributed by atoms with Crippen LogP contribution < -0.4 is 5.73 Å². The predicted octanol–water partition coefficient (Wildman–Crippen LogP) is 2.11. The van der Waals surface area contributed by atoms with Gasteiger partial charge in [-0.15, -0.1) is 23.7 Å². The lowest BCUT2D eigenvalue weighted by atomic mass is 10.4. The number of halogens is 2. The molecular formula is C5H6Cl2N2S. The number of nitrogens with two attached hydrogens (primary N) is 1. The molecule has 0 saturated carbocycles. The summed E-state index contributed by atoms with van der Waals surface area (Å²) in [5.74, 6) is 0.0758. The lowest BCUT2D eigenvalue weighted by molar-refractivity contribution is 1.45. The van der Waals surface area contributed by atoms with Crippen molar-refractivity contribution in [3.63, 3.8) is 0 Å². The smallest absolute Gasteiger partial charge is 0.133 e. The number of thiophene rings is 1. The molecule has 1 aromatic heterocycles. The lowest BCUT2D eigenvalue weighted by Crippen LogP contribution is -2.08. The first-order chi connectivity index (χ1) is 4.20. The van der Waals surface area contributed by atoms with E-state index in [0.717, 1.165) is 4.88 Å². The van der Waals surface area contributed by atoms with Gasteiger partial charge in [0.05, 0.1) is 9.21 Å². The van der Waals surface area contributed by atoms with Crippen molar-refractivity contribution in [2.45, 2.75) is 0 Å². The zero-order chi connectivity index (χ0) is 6.85. The van der Waals surface area contributed by atoms with Crippen molar-refractivity contribution in [3.8, 4) is 0 Å². The molecule has 0 aliphatic heterocycles. The van der Waals surface area contributed by atoms with Crippen LogP contribution in [0.15, 0.2) is 12.1 Å². The summed E-state index contributed by atoms with van der Waals surface area (Å²) >= 11 is 6.88. The van der Waals surface area contributed by atoms with E-state index in [0.29, 0.717) is 4.34 Å². The first kappa shape index (κ1) is 9.75. The minimum absolute atomic E-state index is 0. The highest BCUT2D eigenvalue weighted by Gasteiger charge is 1.98. The van der Waals surface area contributed by atoms with Gasteiger partial charge in [0.2, 0.25) is 0 Å². The fraction of sp³-hybridized carbons (Fsp3) is 0. The maximum Gasteiger partial charge on any atom is 0.133 e. The highest BCUT2D eigenvalue weighted by atomic mass is 35.5. The molecule has 0 amide bonds. The summed E-state index contributed by atoms with van der Waals surface area (Å²) in [7, 11) is 0. The van der Waals surface area contributed by atoms with Crippen LogP contribution >= 0.6 is 35.3 Å². The van der Waals surface area contributed by atoms with E-state index >= 15 is 0 Å². The summed E-state index contributed by atoms with van der Waals surface area (Å²) in [6.45, 7) is 0. The molecule has 0 saturated heterocycles. The molecule has 0 unspecified atom stereocenters. The van der Waals surface area contributed by atoms with Crippen LogP contribution in [0.3, 0.4) is 0 Å². The third-order valence-corrected chi connectivity index (χ3v) is 2.10. The van der Waals surface area contributed by atoms with Crippen molar-refractivity contribution in [1.82, 2.24) is 0 Å². The SMILES string of the molecule is Cl.N=C(N)c1ccc(Cl)s1. The van der Waals surface area contributed by atoms with Crippen molar-refractivity contribution in [1.29, 1.82) is 5.41 Å². The minimum Gasteiger partial charge on any atom is -0.383 e. The van der Waals surface area contributed by atoms with Crippen molar-refractivity contribution >= 4 is 41.2 Å². The molecule has 0 aromatic carbocycles. The molecule has 56 valence electrons. The van der Waals surface area contributed by atoms with Crippen molar-refractivity contribution in [2.75, 3.05) is 0 Å². The van der Waals surface area contributed by atoms with E-state index in [2.05, 4.69) is 0 Å². The lowest BCUT2D eigenvalue weighted by Gasteiger charge is -1.85. The maximum absolute atomic E-state index is 6.98. The Kier molecular flexibility index (Phi) is 3.71. The van der Waals surface area contributed by atoms with Gasteiger partial charge < -0.3 is 5.73 Å². The van der Waals surface area contributed by atoms with E-state index in [1.165, 1.54) is 11.3 Å². The van der Waals surface area contributed by atoms with Crippen LogP contribution in [0.5, 0.6) is 0 Å². The Morgan fingerprint density at radius 3 is 2.40 bits per heavy atom. The number of nitrogens with one attached hydrogen (secondary N) is 1. The normalized spacial score (nSPS) is 8.50. The molecule has 0 fully saturated rings. The number of nitrogen functional groups attached to an aromatic ring is 1. The summed E-state index contributed by atoms with van der Waals surface area (Å²) < 4.78 is 0.667. The molecule has 3 N–H and O–H groups in total. The Labute approximate surface area is 73.9 Å². The first-order valence-corrected chi connectivity index (χ1v) is 3.49. The van der Waals surface area contributed by atoms with Crippen LogP contribution in [0.1, 0.15) is 4.88 Å². The standard InChI is InChI=1S/C5H5ClN2S.ClH/c6-4-2-1-3(9-4)5(7)8;/h1-2H,(H3,7,8);1H. The zero-order valence-electron chi connectivity index (χ0n) is 4.93. The summed E-state index contributed by atoms with van der Waals surface area (Å²) in [5.41, 5.74) is 5.16. The van der Waals surface area contributed by atoms with Gasteiger partial charge in [-0.25, -0.2) is 0 Å². The second-order valence-electron chi connectivity index (χ2n) is 1.52. The number of hydrogen-bond donors (Lipinski definition) is 2. The molecule has 1 heterocycles. The van der Waals surface area contributed by atoms with E-state index in [4.69, 9.17) is 22.7 Å². The summed E-state index contributed by atoms with van der Waals surface area (Å²) in [6, 6.07) is 3.46. The molecule has 0 bridgehead atoms. The summed E-state index contributed by atoms with van der Waals surface area (Å²) in [5, 5.41) is 6.98. The van der Waals surface area contributed by atoms with Gasteiger partial charge in [0.25, 0.3) is 0 Å². The number of rotatable bonds is 1. The molecule has 0 atom stereocenters. The van der Waals surface area contributed by atoms with Gasteiger partial charge in [-0.1, -0.05) is 11.6 Å². The highest BCUT2D eigenvalue weighted by Crippen LogP contribution is 2.20. The number of hydrogen-bond acceptors (Lipinski definition) is 2. The topological polar surface area (TPSA) is 49.9 Å². The Hall–Kier alpha value is -0.250. The Morgan fingerprint density at radius 1 is 1.60 bits per heavy atom. The zero-order valence-corrected chi connectivity index (χ0v) is 7.32. The van der Waals surface area contributed by atoms with Gasteiger partial charge >= 0.3 is 0 Å². The molecule has 0 radical (unpaired) electrons. The maximum atomic E-state index is 6.98. The van der Waals surface area contributed by atoms with Gasteiger partial charge in [0.1, 0.15) is 5.84 Å². The third-order valence-electron chi connectivity index (χ3n) is 0.839. The van der Waals surface area contributed by atoms with Crippen molar-refractivity contribution < 1.29 is 0 Å². The predicted molar refractivity (Wildman–Crippen MR) is 47.6 cm³/mol. The Balaban J connectivity index is 0.000000810. The monoisotopic (exact) mass is 196 g/mol. The van der Waals surface area contributed by atoms with E-state index in [1.54, 1.807) is 12.1 Å². The largest absolute Gasteiger partial charge is 0.383 e. The van der Waals surface area contributed by atoms with Crippen LogP contribution in [-0.2, 0) is 0 Å². The molecule has 0 aliphatic rings. The van der Waals surface area contributed by atoms with Crippen LogP contribution in [0, 0.1) is 5.41 Å². The van der Waals surface area contributed by atoms with Gasteiger partial charge in [-0.3, -0.25) is 5.41 Å². The quantitative estimate of drug-likeness (QED) is 0.525. The second kappa shape index (κ2) is 3.81. The molecule has 0 spiro atoms. The fourth-order valence-electron chi connectivity index (χ4n) is 0.459. The van der Waals surface area contributed by atoms with Crippen LogP contribution in [0.25, 0.3) is 0 Å². The van der Waals surface area contributed by atoms with E-state index < -0.39 is 0 Å². The molecule has 1 aromatic rings. The Bertz CT molecular complexity index is 233. The van der Waals surface area contributed by atoms with Crippen LogP contribution in [0.4, 0.5) is 0 Å². The van der Waals surface area contributed by atoms with Gasteiger partial charge in [-0.2, -0.15) is 0 Å². The highest BCUT2D eigenvalue weighted by molar-refractivity contribution is 7.18. The molecule has 5 heteroatoms. The molecular weight excluding hydrogens is 191 g/mol. The fourth-order valence-corrected chi connectivity index (χ4v) is 1.36. The van der Waals surface area contributed by atoms with Gasteiger partial charge in [-0.05, 0) is 12.1 Å². The van der Waals surface area contributed by atoms with Crippen molar-refractivity contribution in [2.24, 2.45) is 5.73 Å². The minimum atomic E-state index is 0.